The number of ether oxygens (including phenoxy) is 2. The standard InChI is InChI=1S/C37H39N4O6.Mg/c1-8-20-17(4)24-13-25-18(5)22(11-12-30(43)47-10-3)34(40-25)32-33(37(45)46-7)36(44)31-19(6)26(41-35(31)32)14-28-21(9-2)23(16-42)29(39-28)15-27(20)38-24;/h8,13-16,18,22,39H,1,9-12H2,2-7H3,(H3,40,41,42,44,45);/q-1;+2/p-2/b25-13-,29-15-;/t18-,22-;/m0./s1. The summed E-state index contributed by atoms with van der Waals surface area (Å²) in [5, 5.41) is 18.0. The number of esters is 2. The molecule has 1 aliphatic carbocycles. The molecule has 3 aromatic rings. The van der Waals surface area contributed by atoms with Gasteiger partial charge in [-0.1, -0.05) is 55.9 Å². The number of aliphatic hydroxyl groups excluding tert-OH is 1. The Morgan fingerprint density at radius 2 is 1.75 bits per heavy atom. The van der Waals surface area contributed by atoms with Crippen LogP contribution in [0.5, 0.6) is 0 Å². The van der Waals surface area contributed by atoms with Crippen LogP contribution >= 0.6 is 0 Å². The second-order valence-corrected chi connectivity index (χ2v) is 12.0. The van der Waals surface area contributed by atoms with Gasteiger partial charge in [0.05, 0.1) is 13.7 Å². The molecule has 0 unspecified atom stereocenters. The first kappa shape index (κ1) is 34.8. The number of hydrogen-bond donors (Lipinski definition) is 2. The van der Waals surface area contributed by atoms with Gasteiger partial charge in [-0.25, -0.2) is 4.79 Å². The van der Waals surface area contributed by atoms with Crippen LogP contribution in [0.3, 0.4) is 0 Å². The van der Waals surface area contributed by atoms with E-state index < -0.39 is 5.97 Å². The van der Waals surface area contributed by atoms with E-state index in [4.69, 9.17) is 24.8 Å². The maximum absolute atomic E-state index is 13.3. The zero-order valence-electron chi connectivity index (χ0n) is 28.1. The molecule has 0 amide bonds. The van der Waals surface area contributed by atoms with Crippen LogP contribution in [-0.2, 0) is 25.5 Å². The Hall–Kier alpha value is -4.48. The summed E-state index contributed by atoms with van der Waals surface area (Å²) in [6.07, 6.45) is 9.35. The number of allylic oxidation sites excluding steroid dienone is 2. The van der Waals surface area contributed by atoms with Gasteiger partial charge in [-0.3, -0.25) is 9.59 Å². The number of rotatable bonds is 8. The fourth-order valence-corrected chi connectivity index (χ4v) is 7.03. The van der Waals surface area contributed by atoms with E-state index in [9.17, 15) is 19.5 Å². The minimum Gasteiger partial charge on any atom is -0.664 e. The molecule has 0 saturated carbocycles. The molecule has 0 radical (unpaired) electrons. The predicted octanol–water partition coefficient (Wildman–Crippen LogP) is 4.34. The van der Waals surface area contributed by atoms with Gasteiger partial charge in [0.1, 0.15) is 11.3 Å². The molecule has 0 spiro atoms. The van der Waals surface area contributed by atoms with E-state index in [1.54, 1.807) is 13.0 Å². The van der Waals surface area contributed by atoms with E-state index >= 15 is 0 Å². The summed E-state index contributed by atoms with van der Waals surface area (Å²) in [5.41, 5.74) is 8.09. The van der Waals surface area contributed by atoms with E-state index in [0.717, 1.165) is 23.0 Å². The minimum absolute atomic E-state index is 0. The number of aliphatic hydroxyl groups is 1. The maximum atomic E-state index is 13.3. The van der Waals surface area contributed by atoms with Gasteiger partial charge in [0.15, 0.2) is 6.29 Å². The van der Waals surface area contributed by atoms with Crippen molar-refractivity contribution in [2.24, 2.45) is 11.8 Å². The third kappa shape index (κ3) is 5.48. The molecule has 1 saturated heterocycles. The third-order valence-corrected chi connectivity index (χ3v) is 9.51. The molecule has 1 fully saturated rings. The van der Waals surface area contributed by atoms with Crippen molar-refractivity contribution in [2.45, 2.75) is 53.9 Å². The number of aromatic amines is 1. The zero-order chi connectivity index (χ0) is 33.7. The van der Waals surface area contributed by atoms with Crippen LogP contribution in [0.15, 0.2) is 23.5 Å². The molecule has 2 N–H and O–H groups in total. The molecule has 3 aliphatic rings. The van der Waals surface area contributed by atoms with Crippen LogP contribution in [0, 0.1) is 25.7 Å². The summed E-state index contributed by atoms with van der Waals surface area (Å²) in [6.45, 7) is 13.9. The fraction of sp³-hybridized carbons (Fsp3) is 0.324. The van der Waals surface area contributed by atoms with Gasteiger partial charge in [-0.2, -0.15) is 5.70 Å². The summed E-state index contributed by atoms with van der Waals surface area (Å²) in [5.74, 6) is -1.78. The van der Waals surface area contributed by atoms with Crippen molar-refractivity contribution in [1.82, 2.24) is 15.0 Å². The Bertz CT molecular complexity index is 2090. The van der Waals surface area contributed by atoms with E-state index in [1.807, 2.05) is 45.9 Å². The van der Waals surface area contributed by atoms with E-state index in [0.29, 0.717) is 80.0 Å². The first-order valence-corrected chi connectivity index (χ1v) is 15.8. The number of H-pyrrole nitrogens is 1. The topological polar surface area (TPSA) is 148 Å². The van der Waals surface area contributed by atoms with Crippen molar-refractivity contribution in [1.29, 1.82) is 0 Å². The number of carbonyl (C=O) groups excluding carboxylic acids is 3. The molecule has 0 aromatic carbocycles. The normalized spacial score (nSPS) is 21.6. The molecule has 8 bridgehead atoms. The van der Waals surface area contributed by atoms with Crippen molar-refractivity contribution < 1.29 is 29.0 Å². The summed E-state index contributed by atoms with van der Waals surface area (Å²) in [6, 6.07) is 0. The molecule has 10 nitrogen and oxygen atoms in total. The van der Waals surface area contributed by atoms with Crippen LogP contribution in [0.1, 0.15) is 94.6 Å². The number of methoxy groups -OCH3 is 1. The monoisotopic (exact) mass is 657 g/mol. The fourth-order valence-electron chi connectivity index (χ4n) is 7.03. The van der Waals surface area contributed by atoms with Crippen molar-refractivity contribution in [2.75, 3.05) is 13.7 Å². The summed E-state index contributed by atoms with van der Waals surface area (Å²) in [7, 11) is 1.26. The van der Waals surface area contributed by atoms with Gasteiger partial charge >= 0.3 is 35.0 Å². The SMILES string of the molecule is C=Cc1c2[n-]c(c1C)/C=C1\[N-]/C(=C3/C(C(=O)OC)=C(O)c4c3[n-]c(c4C)/C=c3\[nH]/c(c(C=O)c3CC)=C\2)[C@@H](CCC(=O)OCC)[C@@H]1C.[Mg+2]. The number of nitrogens with zero attached hydrogens (tertiary/aromatic N) is 3. The van der Waals surface area contributed by atoms with Crippen LogP contribution in [0.25, 0.3) is 41.0 Å². The van der Waals surface area contributed by atoms with Gasteiger partial charge < -0.3 is 34.8 Å². The maximum Gasteiger partial charge on any atom is 2.00 e. The number of carbonyl (C=O) groups is 3. The van der Waals surface area contributed by atoms with E-state index in [-0.39, 0.29) is 65.2 Å². The Labute approximate surface area is 294 Å². The van der Waals surface area contributed by atoms with Crippen molar-refractivity contribution in [3.05, 3.63) is 95.7 Å². The molecule has 48 heavy (non-hydrogen) atoms. The quantitative estimate of drug-likeness (QED) is 0.207. The molecular formula is C37H37MgN4O6-. The van der Waals surface area contributed by atoms with Gasteiger partial charge in [0.25, 0.3) is 0 Å². The van der Waals surface area contributed by atoms with Crippen molar-refractivity contribution in [3.8, 4) is 0 Å². The number of fused-ring (bicyclic) bond motifs is 7. The van der Waals surface area contributed by atoms with Crippen molar-refractivity contribution >= 4 is 76.9 Å². The van der Waals surface area contributed by atoms with Crippen LogP contribution in [0.2, 0.25) is 0 Å². The molecule has 3 aromatic heterocycles. The van der Waals surface area contributed by atoms with Gasteiger partial charge in [0.2, 0.25) is 0 Å². The molecule has 2 aliphatic heterocycles. The second kappa shape index (κ2) is 13.6. The van der Waals surface area contributed by atoms with Crippen LogP contribution in [0.4, 0.5) is 0 Å². The number of hydrogen-bond acceptors (Lipinski definition) is 6. The summed E-state index contributed by atoms with van der Waals surface area (Å²) < 4.78 is 10.4. The summed E-state index contributed by atoms with van der Waals surface area (Å²) >= 11 is 0. The zero-order valence-corrected chi connectivity index (χ0v) is 29.5. The Balaban J connectivity index is 0.00000451. The van der Waals surface area contributed by atoms with Crippen LogP contribution < -0.4 is 20.7 Å². The molecular weight excluding hydrogens is 621 g/mol. The Morgan fingerprint density at radius 3 is 2.40 bits per heavy atom. The van der Waals surface area contributed by atoms with Gasteiger partial charge in [0, 0.05) is 28.2 Å². The number of nitrogens with one attached hydrogen (secondary N) is 1. The minimum atomic E-state index is -0.714. The Morgan fingerprint density at radius 1 is 1.04 bits per heavy atom. The average Bonchev–Trinajstić information content (AvgIpc) is 3.80. The first-order valence-electron chi connectivity index (χ1n) is 15.8. The predicted molar refractivity (Wildman–Crippen MR) is 185 cm³/mol. The number of aromatic nitrogens is 3. The van der Waals surface area contributed by atoms with Gasteiger partial charge in [-0.05, 0) is 62.1 Å². The largest absolute Gasteiger partial charge is 2.00 e. The van der Waals surface area contributed by atoms with Gasteiger partial charge in [-0.15, -0.1) is 28.5 Å². The first-order chi connectivity index (χ1) is 22.6. The smallest absolute Gasteiger partial charge is 0.664 e. The van der Waals surface area contributed by atoms with E-state index in [1.165, 1.54) is 7.11 Å². The Kier molecular flexibility index (Phi) is 9.84. The second-order valence-electron chi connectivity index (χ2n) is 12.0. The average molecular weight is 658 g/mol. The number of aldehydes is 1. The van der Waals surface area contributed by atoms with Crippen LogP contribution in [-0.4, -0.2) is 65.1 Å². The molecule has 2 atom stereocenters. The molecule has 6 rings (SSSR count). The molecule has 244 valence electrons. The third-order valence-electron chi connectivity index (χ3n) is 9.51. The van der Waals surface area contributed by atoms with Crippen molar-refractivity contribution in [3.63, 3.8) is 0 Å². The van der Waals surface area contributed by atoms with E-state index in [2.05, 4.69) is 11.6 Å². The molecule has 11 heteroatoms. The molecule has 5 heterocycles. The summed E-state index contributed by atoms with van der Waals surface area (Å²) in [4.78, 5) is 51.6.